The molecule has 0 bridgehead atoms. The van der Waals surface area contributed by atoms with Crippen LogP contribution < -0.4 is 5.73 Å². The van der Waals surface area contributed by atoms with Crippen LogP contribution in [0.25, 0.3) is 78.3 Å². The van der Waals surface area contributed by atoms with Gasteiger partial charge in [0.05, 0.1) is 5.41 Å². The number of anilines is 1. The average molecular weight is 689 g/mol. The van der Waals surface area contributed by atoms with E-state index in [1.54, 1.807) is 0 Å². The molecule has 8 aromatic carbocycles. The lowest BCUT2D eigenvalue weighted by Crippen LogP contribution is -2.26. The molecule has 4 heteroatoms. The van der Waals surface area contributed by atoms with Crippen LogP contribution in [0.2, 0.25) is 0 Å². The molecule has 1 atom stereocenters. The van der Waals surface area contributed by atoms with E-state index in [1.807, 2.05) is 60.7 Å². The molecule has 0 aliphatic heterocycles. The number of hydrogen-bond acceptors (Lipinski definition) is 4. The summed E-state index contributed by atoms with van der Waals surface area (Å²) in [6, 6.07) is 64.3. The van der Waals surface area contributed by atoms with Gasteiger partial charge in [0.15, 0.2) is 17.5 Å². The van der Waals surface area contributed by atoms with E-state index < -0.39 is 5.41 Å². The van der Waals surface area contributed by atoms with E-state index in [4.69, 9.17) is 20.7 Å². The Kier molecular flexibility index (Phi) is 6.58. The number of nitrogens with zero attached hydrogens (tertiary/aromatic N) is 3. The van der Waals surface area contributed by atoms with Gasteiger partial charge in [0.2, 0.25) is 0 Å². The van der Waals surface area contributed by atoms with Crippen molar-refractivity contribution >= 4 is 16.5 Å². The van der Waals surface area contributed by atoms with E-state index >= 15 is 0 Å². The Labute approximate surface area is 313 Å². The summed E-state index contributed by atoms with van der Waals surface area (Å²) in [5, 5.41) is 2.28. The van der Waals surface area contributed by atoms with Gasteiger partial charge in [-0.2, -0.15) is 0 Å². The van der Waals surface area contributed by atoms with Crippen LogP contribution in [0.5, 0.6) is 0 Å². The number of hydrogen-bond donors (Lipinski definition) is 1. The highest BCUT2D eigenvalue weighted by molar-refractivity contribution is 6.10. The quantitative estimate of drug-likeness (QED) is 0.187. The molecule has 0 amide bonds. The van der Waals surface area contributed by atoms with Crippen molar-refractivity contribution in [1.29, 1.82) is 0 Å². The zero-order chi connectivity index (χ0) is 35.8. The van der Waals surface area contributed by atoms with Gasteiger partial charge in [-0.05, 0) is 67.1 Å². The highest BCUT2D eigenvalue weighted by atomic mass is 15.0. The van der Waals surface area contributed by atoms with Crippen LogP contribution in [-0.4, -0.2) is 15.0 Å². The van der Waals surface area contributed by atoms with E-state index in [0.29, 0.717) is 17.5 Å². The summed E-state index contributed by atoms with van der Waals surface area (Å²) in [5.41, 5.74) is 22.5. The largest absolute Gasteiger partial charge is 0.398 e. The minimum Gasteiger partial charge on any atom is -0.398 e. The van der Waals surface area contributed by atoms with Crippen molar-refractivity contribution in [2.24, 2.45) is 0 Å². The first-order chi connectivity index (χ1) is 26.7. The SMILES string of the molecule is Nc1cc2c(c3ccccc13)-c1ccccc1C21c2ccccc2-c2c(-c3ccc(-c4nc(-c5ccccc5)nc(-c5ccccc5)n4)cc3)cccc21. The molecule has 0 radical (unpaired) electrons. The fourth-order valence-electron chi connectivity index (χ4n) is 9.05. The summed E-state index contributed by atoms with van der Waals surface area (Å²) < 4.78 is 0. The van der Waals surface area contributed by atoms with Gasteiger partial charge in [-0.1, -0.05) is 176 Å². The maximum Gasteiger partial charge on any atom is 0.164 e. The molecule has 1 aromatic heterocycles. The maximum atomic E-state index is 6.91. The van der Waals surface area contributed by atoms with E-state index in [2.05, 4.69) is 121 Å². The Bertz CT molecular complexity index is 2880. The molecule has 0 saturated heterocycles. The number of nitrogens with two attached hydrogens (primary N) is 1. The first kappa shape index (κ1) is 30.5. The molecular formula is C50H32N4. The van der Waals surface area contributed by atoms with Crippen molar-refractivity contribution in [3.8, 4) is 67.5 Å². The van der Waals surface area contributed by atoms with Gasteiger partial charge in [0.25, 0.3) is 0 Å². The van der Waals surface area contributed by atoms with Gasteiger partial charge in [0, 0.05) is 27.8 Å². The standard InChI is InChI=1S/C50H32N4/c51-44-30-43-46(37-19-8-7-18-36(37)44)39-21-10-12-24-41(39)50(43)40-23-11-9-20-38(40)45-35(22-13-25-42(45)50)31-26-28-34(29-27-31)49-53-47(32-14-3-1-4-15-32)52-48(54-49)33-16-5-2-6-17-33/h1-30H,51H2. The number of fused-ring (bicyclic) bond motifs is 12. The minimum atomic E-state index is -0.501. The smallest absolute Gasteiger partial charge is 0.164 e. The first-order valence-electron chi connectivity index (χ1n) is 18.3. The third-order valence-electron chi connectivity index (χ3n) is 11.3. The lowest BCUT2D eigenvalue weighted by atomic mass is 9.70. The number of rotatable bonds is 4. The molecular weight excluding hydrogens is 657 g/mol. The molecule has 1 unspecified atom stereocenters. The average Bonchev–Trinajstić information content (AvgIpc) is 3.72. The summed E-state index contributed by atoms with van der Waals surface area (Å²) >= 11 is 0. The van der Waals surface area contributed by atoms with Crippen LogP contribution in [0.15, 0.2) is 182 Å². The zero-order valence-corrected chi connectivity index (χ0v) is 29.2. The molecule has 1 spiro atoms. The van der Waals surface area contributed by atoms with Crippen LogP contribution in [0.4, 0.5) is 5.69 Å². The molecule has 4 nitrogen and oxygen atoms in total. The van der Waals surface area contributed by atoms with E-state index in [-0.39, 0.29) is 0 Å². The zero-order valence-electron chi connectivity index (χ0n) is 29.2. The van der Waals surface area contributed by atoms with Gasteiger partial charge >= 0.3 is 0 Å². The number of benzene rings is 8. The lowest BCUT2D eigenvalue weighted by molar-refractivity contribution is 0.795. The highest BCUT2D eigenvalue weighted by Crippen LogP contribution is 2.65. The molecule has 252 valence electrons. The first-order valence-corrected chi connectivity index (χ1v) is 18.3. The summed E-state index contributed by atoms with van der Waals surface area (Å²) in [6.45, 7) is 0. The summed E-state index contributed by atoms with van der Waals surface area (Å²) in [7, 11) is 0. The van der Waals surface area contributed by atoms with E-state index in [9.17, 15) is 0 Å². The van der Waals surface area contributed by atoms with Crippen LogP contribution in [0.3, 0.4) is 0 Å². The molecule has 2 aliphatic rings. The fourth-order valence-corrected chi connectivity index (χ4v) is 9.05. The second-order valence-electron chi connectivity index (χ2n) is 14.1. The molecule has 1 heterocycles. The predicted molar refractivity (Wildman–Crippen MR) is 220 cm³/mol. The second-order valence-corrected chi connectivity index (χ2v) is 14.1. The van der Waals surface area contributed by atoms with Crippen molar-refractivity contribution in [3.05, 3.63) is 204 Å². The Balaban J connectivity index is 1.10. The summed E-state index contributed by atoms with van der Waals surface area (Å²) in [4.78, 5) is 14.8. The third kappa shape index (κ3) is 4.28. The molecule has 0 saturated carbocycles. The molecule has 9 aromatic rings. The van der Waals surface area contributed by atoms with Crippen molar-refractivity contribution in [3.63, 3.8) is 0 Å². The Hall–Kier alpha value is -7.17. The van der Waals surface area contributed by atoms with Gasteiger partial charge in [-0.15, -0.1) is 0 Å². The van der Waals surface area contributed by atoms with Crippen LogP contribution in [-0.2, 0) is 5.41 Å². The maximum absolute atomic E-state index is 6.91. The van der Waals surface area contributed by atoms with Crippen LogP contribution >= 0.6 is 0 Å². The fraction of sp³-hybridized carbons (Fsp3) is 0.0200. The van der Waals surface area contributed by atoms with Gasteiger partial charge < -0.3 is 5.73 Å². The van der Waals surface area contributed by atoms with Gasteiger partial charge in [-0.3, -0.25) is 0 Å². The van der Waals surface area contributed by atoms with E-state index in [1.165, 1.54) is 55.5 Å². The van der Waals surface area contributed by atoms with Gasteiger partial charge in [0.1, 0.15) is 0 Å². The molecule has 2 N–H and O–H groups in total. The summed E-state index contributed by atoms with van der Waals surface area (Å²) in [6.07, 6.45) is 0. The van der Waals surface area contributed by atoms with E-state index in [0.717, 1.165) is 33.3 Å². The Morgan fingerprint density at radius 2 is 0.778 bits per heavy atom. The Morgan fingerprint density at radius 3 is 1.39 bits per heavy atom. The van der Waals surface area contributed by atoms with Crippen molar-refractivity contribution < 1.29 is 0 Å². The topological polar surface area (TPSA) is 64.7 Å². The van der Waals surface area contributed by atoms with Crippen molar-refractivity contribution in [2.75, 3.05) is 5.73 Å². The molecule has 2 aliphatic carbocycles. The van der Waals surface area contributed by atoms with Crippen LogP contribution in [0.1, 0.15) is 22.3 Å². The molecule has 0 fully saturated rings. The number of aromatic nitrogens is 3. The molecule has 54 heavy (non-hydrogen) atoms. The van der Waals surface area contributed by atoms with Crippen molar-refractivity contribution in [1.82, 2.24) is 15.0 Å². The monoisotopic (exact) mass is 688 g/mol. The second kappa shape index (κ2) is 11.7. The highest BCUT2D eigenvalue weighted by Gasteiger charge is 2.52. The third-order valence-corrected chi connectivity index (χ3v) is 11.3. The summed E-state index contributed by atoms with van der Waals surface area (Å²) in [5.74, 6) is 1.94. The molecule has 11 rings (SSSR count). The normalized spacial score (nSPS) is 14.8. The van der Waals surface area contributed by atoms with Crippen molar-refractivity contribution in [2.45, 2.75) is 5.41 Å². The lowest BCUT2D eigenvalue weighted by Gasteiger charge is -2.31. The van der Waals surface area contributed by atoms with Crippen LogP contribution in [0, 0.1) is 0 Å². The predicted octanol–water partition coefficient (Wildman–Crippen LogP) is 11.6. The number of nitrogen functional groups attached to an aromatic ring is 1. The minimum absolute atomic E-state index is 0.501. The Morgan fingerprint density at radius 1 is 0.333 bits per heavy atom. The van der Waals surface area contributed by atoms with Gasteiger partial charge in [-0.25, -0.2) is 15.0 Å².